The van der Waals surface area contributed by atoms with Gasteiger partial charge >= 0.3 is 0 Å². The van der Waals surface area contributed by atoms with Gasteiger partial charge in [-0.05, 0) is 50.6 Å². The summed E-state index contributed by atoms with van der Waals surface area (Å²) in [5.41, 5.74) is 6.34. The standard InChI is InChI=1S/C25H27N5OS/c1-16-12-20(29-25-28-17(2)18(3)32-25)13-23(27-16)24-15-30(10-11-31-24)14-19-6-4-8-22-21(19)7-5-9-26-22/h4-9,12-13,24H,10-11,14-15H2,1-3H3,(H,27,28,29)/t24-/m1/s1. The van der Waals surface area contributed by atoms with Crippen LogP contribution in [-0.4, -0.2) is 39.5 Å². The molecule has 0 spiro atoms. The van der Waals surface area contributed by atoms with E-state index in [-0.39, 0.29) is 6.10 Å². The third-order valence-electron chi connectivity index (χ3n) is 5.86. The Hall–Kier alpha value is -2.87. The summed E-state index contributed by atoms with van der Waals surface area (Å²) >= 11 is 1.67. The lowest BCUT2D eigenvalue weighted by Crippen LogP contribution is -2.38. The number of hydrogen-bond acceptors (Lipinski definition) is 7. The molecule has 0 aliphatic carbocycles. The quantitative estimate of drug-likeness (QED) is 0.448. The minimum atomic E-state index is -0.0583. The smallest absolute Gasteiger partial charge is 0.187 e. The molecular formula is C25H27N5OS. The molecule has 1 aliphatic rings. The predicted molar refractivity (Wildman–Crippen MR) is 130 cm³/mol. The fourth-order valence-electron chi connectivity index (χ4n) is 4.15. The monoisotopic (exact) mass is 445 g/mol. The molecule has 1 fully saturated rings. The molecule has 32 heavy (non-hydrogen) atoms. The molecule has 3 aromatic heterocycles. The van der Waals surface area contributed by atoms with Gasteiger partial charge in [0.25, 0.3) is 0 Å². The second kappa shape index (κ2) is 8.94. The molecule has 0 saturated carbocycles. The van der Waals surface area contributed by atoms with Crippen molar-refractivity contribution >= 4 is 33.1 Å². The number of thiazole rings is 1. The van der Waals surface area contributed by atoms with Crippen molar-refractivity contribution < 1.29 is 4.74 Å². The maximum Gasteiger partial charge on any atom is 0.187 e. The summed E-state index contributed by atoms with van der Waals surface area (Å²) in [6, 6.07) is 14.7. The van der Waals surface area contributed by atoms with E-state index in [1.165, 1.54) is 15.8 Å². The summed E-state index contributed by atoms with van der Waals surface area (Å²) < 4.78 is 6.15. The van der Waals surface area contributed by atoms with Crippen molar-refractivity contribution in [2.75, 3.05) is 25.0 Å². The number of aromatic nitrogens is 3. The average molecular weight is 446 g/mol. The number of nitrogens with one attached hydrogen (secondary N) is 1. The van der Waals surface area contributed by atoms with E-state index in [0.717, 1.165) is 53.1 Å². The second-order valence-electron chi connectivity index (χ2n) is 8.29. The third kappa shape index (κ3) is 4.50. The SMILES string of the molecule is Cc1cc(Nc2nc(C)c(C)s2)cc([C@H]2CN(Cc3cccc4ncccc34)CCO2)n1. The number of fused-ring (bicyclic) bond motifs is 1. The summed E-state index contributed by atoms with van der Waals surface area (Å²) in [5, 5.41) is 5.57. The summed E-state index contributed by atoms with van der Waals surface area (Å²) in [5.74, 6) is 0. The van der Waals surface area contributed by atoms with Gasteiger partial charge in [-0.15, -0.1) is 11.3 Å². The van der Waals surface area contributed by atoms with Crippen LogP contribution in [-0.2, 0) is 11.3 Å². The average Bonchev–Trinajstić information content (AvgIpc) is 3.10. The summed E-state index contributed by atoms with van der Waals surface area (Å²) in [6.45, 7) is 9.43. The minimum Gasteiger partial charge on any atom is -0.369 e. The van der Waals surface area contributed by atoms with Crippen molar-refractivity contribution in [3.05, 3.63) is 76.2 Å². The van der Waals surface area contributed by atoms with Crippen molar-refractivity contribution in [1.82, 2.24) is 19.9 Å². The molecule has 7 heteroatoms. The molecule has 164 valence electrons. The fourth-order valence-corrected chi connectivity index (χ4v) is 4.99. The van der Waals surface area contributed by atoms with Crippen LogP contribution in [0.5, 0.6) is 0 Å². The number of morpholine rings is 1. The number of aryl methyl sites for hydroxylation is 3. The predicted octanol–water partition coefficient (Wildman–Crippen LogP) is 5.33. The first-order valence-electron chi connectivity index (χ1n) is 10.9. The van der Waals surface area contributed by atoms with E-state index >= 15 is 0 Å². The Labute approximate surface area is 192 Å². The molecule has 6 nitrogen and oxygen atoms in total. The molecule has 1 atom stereocenters. The Morgan fingerprint density at radius 2 is 2.03 bits per heavy atom. The molecule has 1 saturated heterocycles. The molecule has 5 rings (SSSR count). The van der Waals surface area contributed by atoms with Crippen molar-refractivity contribution in [2.45, 2.75) is 33.4 Å². The first kappa shape index (κ1) is 21.0. The molecule has 1 N–H and O–H groups in total. The van der Waals surface area contributed by atoms with Crippen LogP contribution in [0.4, 0.5) is 10.8 Å². The highest BCUT2D eigenvalue weighted by atomic mass is 32.1. The summed E-state index contributed by atoms with van der Waals surface area (Å²) in [4.78, 5) is 17.6. The lowest BCUT2D eigenvalue weighted by molar-refractivity contribution is -0.0349. The van der Waals surface area contributed by atoms with E-state index in [9.17, 15) is 0 Å². The van der Waals surface area contributed by atoms with Gasteiger partial charge in [-0.3, -0.25) is 14.9 Å². The maximum absolute atomic E-state index is 6.15. The first-order chi connectivity index (χ1) is 15.5. The van der Waals surface area contributed by atoms with Crippen LogP contribution < -0.4 is 5.32 Å². The van der Waals surface area contributed by atoms with E-state index in [1.54, 1.807) is 11.3 Å². The minimum absolute atomic E-state index is 0.0583. The van der Waals surface area contributed by atoms with Gasteiger partial charge in [0.15, 0.2) is 5.13 Å². The van der Waals surface area contributed by atoms with Crippen molar-refractivity contribution in [3.63, 3.8) is 0 Å². The van der Waals surface area contributed by atoms with Crippen molar-refractivity contribution in [1.29, 1.82) is 0 Å². The Bertz CT molecular complexity index is 1230. The number of nitrogens with zero attached hydrogens (tertiary/aromatic N) is 4. The maximum atomic E-state index is 6.15. The fraction of sp³-hybridized carbons (Fsp3) is 0.320. The first-order valence-corrected chi connectivity index (χ1v) is 11.7. The van der Waals surface area contributed by atoms with Crippen LogP contribution in [0.1, 0.15) is 33.6 Å². The van der Waals surface area contributed by atoms with Gasteiger partial charge < -0.3 is 10.1 Å². The van der Waals surface area contributed by atoms with Gasteiger partial charge in [0.1, 0.15) is 6.10 Å². The highest BCUT2D eigenvalue weighted by Crippen LogP contribution is 2.29. The van der Waals surface area contributed by atoms with Crippen LogP contribution in [0.25, 0.3) is 10.9 Å². The second-order valence-corrected chi connectivity index (χ2v) is 9.49. The van der Waals surface area contributed by atoms with E-state index < -0.39 is 0 Å². The Morgan fingerprint density at radius 3 is 2.88 bits per heavy atom. The molecule has 4 heterocycles. The molecule has 0 radical (unpaired) electrons. The molecule has 1 aliphatic heterocycles. The molecular weight excluding hydrogens is 418 g/mol. The Balaban J connectivity index is 1.34. The lowest BCUT2D eigenvalue weighted by atomic mass is 10.1. The van der Waals surface area contributed by atoms with Gasteiger partial charge in [0.2, 0.25) is 0 Å². The molecule has 0 bridgehead atoms. The Kier molecular flexibility index (Phi) is 5.87. The van der Waals surface area contributed by atoms with Crippen molar-refractivity contribution in [2.24, 2.45) is 0 Å². The number of anilines is 2. The van der Waals surface area contributed by atoms with Gasteiger partial charge in [0, 0.05) is 47.5 Å². The van der Waals surface area contributed by atoms with E-state index in [0.29, 0.717) is 6.61 Å². The molecule has 4 aromatic rings. The van der Waals surface area contributed by atoms with E-state index in [2.05, 4.69) is 63.5 Å². The van der Waals surface area contributed by atoms with Crippen LogP contribution in [0.3, 0.4) is 0 Å². The molecule has 1 aromatic carbocycles. The largest absolute Gasteiger partial charge is 0.369 e. The van der Waals surface area contributed by atoms with Gasteiger partial charge in [0.05, 0.1) is 23.5 Å². The zero-order valence-corrected chi connectivity index (χ0v) is 19.4. The summed E-state index contributed by atoms with van der Waals surface area (Å²) in [6.07, 6.45) is 1.79. The third-order valence-corrected chi connectivity index (χ3v) is 6.85. The van der Waals surface area contributed by atoms with Crippen LogP contribution in [0, 0.1) is 20.8 Å². The van der Waals surface area contributed by atoms with Crippen molar-refractivity contribution in [3.8, 4) is 0 Å². The number of pyridine rings is 2. The van der Waals surface area contributed by atoms with Crippen LogP contribution in [0.2, 0.25) is 0 Å². The summed E-state index contributed by atoms with van der Waals surface area (Å²) in [7, 11) is 0. The van der Waals surface area contributed by atoms with E-state index in [4.69, 9.17) is 9.72 Å². The lowest BCUT2D eigenvalue weighted by Gasteiger charge is -2.33. The zero-order valence-electron chi connectivity index (χ0n) is 18.6. The van der Waals surface area contributed by atoms with Crippen LogP contribution >= 0.6 is 11.3 Å². The highest BCUT2D eigenvalue weighted by molar-refractivity contribution is 7.15. The highest BCUT2D eigenvalue weighted by Gasteiger charge is 2.24. The number of rotatable bonds is 5. The number of benzene rings is 1. The van der Waals surface area contributed by atoms with Gasteiger partial charge in [-0.1, -0.05) is 18.2 Å². The van der Waals surface area contributed by atoms with Crippen LogP contribution in [0.15, 0.2) is 48.7 Å². The normalized spacial score (nSPS) is 17.0. The number of hydrogen-bond donors (Lipinski definition) is 1. The molecule has 0 unspecified atom stereocenters. The zero-order chi connectivity index (χ0) is 22.1. The molecule has 0 amide bonds. The van der Waals surface area contributed by atoms with Gasteiger partial charge in [-0.25, -0.2) is 4.98 Å². The Morgan fingerprint density at radius 1 is 1.12 bits per heavy atom. The van der Waals surface area contributed by atoms with E-state index in [1.807, 2.05) is 26.1 Å². The van der Waals surface area contributed by atoms with Gasteiger partial charge in [-0.2, -0.15) is 0 Å². The topological polar surface area (TPSA) is 63.2 Å². The number of ether oxygens (including phenoxy) is 1.